The Morgan fingerprint density at radius 1 is 1.23 bits per heavy atom. The Hall–Kier alpha value is -2.89. The Balaban J connectivity index is 1.51. The van der Waals surface area contributed by atoms with E-state index < -0.39 is 12.1 Å². The second-order valence-corrected chi connectivity index (χ2v) is 6.40. The van der Waals surface area contributed by atoms with Crippen LogP contribution in [-0.2, 0) is 20.9 Å². The first-order valence-electron chi connectivity index (χ1n) is 8.86. The number of carbonyl (C=O) groups is 2. The molecule has 6 heteroatoms. The molecule has 1 saturated heterocycles. The van der Waals surface area contributed by atoms with Gasteiger partial charge in [0, 0.05) is 30.9 Å². The van der Waals surface area contributed by atoms with Crippen LogP contribution in [-0.4, -0.2) is 45.8 Å². The number of rotatable bonds is 6. The Bertz CT molecular complexity index is 777. The number of ether oxygens (including phenoxy) is 1. The molecule has 1 amide bonds. The fraction of sp³-hybridized carbons (Fsp3) is 0.350. The molecule has 0 unspecified atom stereocenters. The number of nitrogens with zero attached hydrogens (tertiary/aromatic N) is 3. The van der Waals surface area contributed by atoms with Crippen LogP contribution in [0.15, 0.2) is 48.8 Å². The molecule has 0 saturated carbocycles. The molecule has 6 nitrogen and oxygen atoms in total. The Morgan fingerprint density at radius 3 is 2.69 bits per heavy atom. The van der Waals surface area contributed by atoms with Crippen LogP contribution in [0, 0.1) is 0 Å². The van der Waals surface area contributed by atoms with Crippen molar-refractivity contribution >= 4 is 18.0 Å². The van der Waals surface area contributed by atoms with Crippen molar-refractivity contribution in [2.45, 2.75) is 32.4 Å². The summed E-state index contributed by atoms with van der Waals surface area (Å²) in [6, 6.07) is 10.0. The lowest BCUT2D eigenvalue weighted by Gasteiger charge is -2.19. The molecule has 26 heavy (non-hydrogen) atoms. The summed E-state index contributed by atoms with van der Waals surface area (Å²) in [4.78, 5) is 25.8. The fourth-order valence-corrected chi connectivity index (χ4v) is 2.95. The van der Waals surface area contributed by atoms with Gasteiger partial charge < -0.3 is 9.64 Å². The van der Waals surface area contributed by atoms with E-state index in [9.17, 15) is 9.59 Å². The topological polar surface area (TPSA) is 64.4 Å². The van der Waals surface area contributed by atoms with Crippen LogP contribution < -0.4 is 0 Å². The van der Waals surface area contributed by atoms with Crippen molar-refractivity contribution < 1.29 is 14.3 Å². The largest absolute Gasteiger partial charge is 0.449 e. The Labute approximate surface area is 153 Å². The molecule has 0 spiro atoms. The number of amides is 1. The highest BCUT2D eigenvalue weighted by Crippen LogP contribution is 2.11. The molecule has 0 bridgehead atoms. The van der Waals surface area contributed by atoms with Crippen molar-refractivity contribution in [2.24, 2.45) is 0 Å². The van der Waals surface area contributed by atoms with Gasteiger partial charge in [-0.05, 0) is 31.4 Å². The third-order valence-corrected chi connectivity index (χ3v) is 4.31. The highest BCUT2D eigenvalue weighted by molar-refractivity contribution is 5.90. The molecule has 3 rings (SSSR count). The molecule has 136 valence electrons. The van der Waals surface area contributed by atoms with Crippen LogP contribution in [0.1, 0.15) is 30.9 Å². The van der Waals surface area contributed by atoms with Gasteiger partial charge in [-0.15, -0.1) is 0 Å². The first kappa shape index (κ1) is 17.9. The highest BCUT2D eigenvalue weighted by Gasteiger charge is 2.25. The van der Waals surface area contributed by atoms with Crippen molar-refractivity contribution in [3.8, 4) is 0 Å². The van der Waals surface area contributed by atoms with Crippen molar-refractivity contribution in [1.82, 2.24) is 14.7 Å². The maximum atomic E-state index is 12.1. The lowest BCUT2D eigenvalue weighted by Crippen LogP contribution is -2.37. The first-order chi connectivity index (χ1) is 12.6. The van der Waals surface area contributed by atoms with Gasteiger partial charge in [-0.1, -0.05) is 30.3 Å². The van der Waals surface area contributed by atoms with Gasteiger partial charge in [0.1, 0.15) is 0 Å². The summed E-state index contributed by atoms with van der Waals surface area (Å²) in [5.41, 5.74) is 1.95. The average molecular weight is 353 g/mol. The lowest BCUT2D eigenvalue weighted by atomic mass is 10.2. The molecule has 0 radical (unpaired) electrons. The first-order valence-corrected chi connectivity index (χ1v) is 8.86. The van der Waals surface area contributed by atoms with Gasteiger partial charge >= 0.3 is 5.97 Å². The quantitative estimate of drug-likeness (QED) is 0.591. The zero-order chi connectivity index (χ0) is 18.4. The Kier molecular flexibility index (Phi) is 5.84. The minimum absolute atomic E-state index is 0.125. The van der Waals surface area contributed by atoms with Crippen LogP contribution in [0.4, 0.5) is 0 Å². The summed E-state index contributed by atoms with van der Waals surface area (Å²) in [5, 5.41) is 4.28. The van der Waals surface area contributed by atoms with Gasteiger partial charge in [0.15, 0.2) is 6.10 Å². The van der Waals surface area contributed by atoms with Crippen LogP contribution in [0.3, 0.4) is 0 Å². The van der Waals surface area contributed by atoms with E-state index in [1.54, 1.807) is 28.8 Å². The SMILES string of the molecule is C[C@H](OC(=O)/C=C/c1cnn(Cc2ccccc2)c1)C(=O)N1CCCC1. The van der Waals surface area contributed by atoms with Crippen LogP contribution in [0.25, 0.3) is 6.08 Å². The van der Waals surface area contributed by atoms with Crippen molar-refractivity contribution in [3.63, 3.8) is 0 Å². The average Bonchev–Trinajstić information content (AvgIpc) is 3.32. The molecule has 2 heterocycles. The second-order valence-electron chi connectivity index (χ2n) is 6.40. The molecule has 1 aliphatic rings. The van der Waals surface area contributed by atoms with E-state index in [1.165, 1.54) is 6.08 Å². The third kappa shape index (κ3) is 4.81. The number of benzene rings is 1. The molecule has 1 aromatic heterocycles. The monoisotopic (exact) mass is 353 g/mol. The molecule has 2 aromatic rings. The van der Waals surface area contributed by atoms with Gasteiger partial charge in [0.2, 0.25) is 0 Å². The summed E-state index contributed by atoms with van der Waals surface area (Å²) in [6.07, 6.45) is 7.78. The van der Waals surface area contributed by atoms with Gasteiger partial charge in [-0.3, -0.25) is 9.48 Å². The molecular formula is C20H23N3O3. The third-order valence-electron chi connectivity index (χ3n) is 4.31. The molecular weight excluding hydrogens is 330 g/mol. The zero-order valence-corrected chi connectivity index (χ0v) is 14.9. The van der Waals surface area contributed by atoms with Crippen LogP contribution in [0.5, 0.6) is 0 Å². The number of carbonyl (C=O) groups excluding carboxylic acids is 2. The second kappa shape index (κ2) is 8.47. The van der Waals surface area contributed by atoms with Crippen molar-refractivity contribution in [1.29, 1.82) is 0 Å². The lowest BCUT2D eigenvalue weighted by molar-refractivity contribution is -0.154. The molecule has 1 fully saturated rings. The smallest absolute Gasteiger partial charge is 0.331 e. The van der Waals surface area contributed by atoms with Gasteiger partial charge in [-0.2, -0.15) is 5.10 Å². The fourth-order valence-electron chi connectivity index (χ4n) is 2.95. The molecule has 1 atom stereocenters. The standard InChI is InChI=1S/C20H23N3O3/c1-16(20(25)22-11-5-6-12-22)26-19(24)10-9-18-13-21-23(15-18)14-17-7-3-2-4-8-17/h2-4,7-10,13,15-16H,5-6,11-12,14H2,1H3/b10-9+/t16-/m0/s1. The minimum atomic E-state index is -0.758. The maximum absolute atomic E-state index is 12.1. The van der Waals surface area contributed by atoms with E-state index in [-0.39, 0.29) is 5.91 Å². The number of aromatic nitrogens is 2. The van der Waals surface area contributed by atoms with E-state index in [2.05, 4.69) is 5.10 Å². The van der Waals surface area contributed by atoms with Crippen LogP contribution in [0.2, 0.25) is 0 Å². The number of hydrogen-bond donors (Lipinski definition) is 0. The Morgan fingerprint density at radius 2 is 1.96 bits per heavy atom. The number of likely N-dealkylation sites (tertiary alicyclic amines) is 1. The molecule has 1 aromatic carbocycles. The summed E-state index contributed by atoms with van der Waals surface area (Å²) in [5.74, 6) is -0.652. The van der Waals surface area contributed by atoms with Gasteiger partial charge in [-0.25, -0.2) is 4.79 Å². The van der Waals surface area contributed by atoms with Crippen molar-refractivity contribution in [2.75, 3.05) is 13.1 Å². The summed E-state index contributed by atoms with van der Waals surface area (Å²) >= 11 is 0. The number of esters is 1. The van der Waals surface area contributed by atoms with E-state index in [4.69, 9.17) is 4.74 Å². The summed E-state index contributed by atoms with van der Waals surface area (Å²) in [6.45, 7) is 3.78. The predicted molar refractivity (Wildman–Crippen MR) is 98.2 cm³/mol. The minimum Gasteiger partial charge on any atom is -0.449 e. The van der Waals surface area contributed by atoms with Crippen LogP contribution >= 0.6 is 0 Å². The van der Waals surface area contributed by atoms with Gasteiger partial charge in [0.25, 0.3) is 5.91 Å². The van der Waals surface area contributed by atoms with E-state index >= 15 is 0 Å². The molecule has 0 aliphatic carbocycles. The maximum Gasteiger partial charge on any atom is 0.331 e. The van der Waals surface area contributed by atoms with Gasteiger partial charge in [0.05, 0.1) is 12.7 Å². The van der Waals surface area contributed by atoms with E-state index in [1.807, 2.05) is 36.5 Å². The van der Waals surface area contributed by atoms with E-state index in [0.29, 0.717) is 6.54 Å². The zero-order valence-electron chi connectivity index (χ0n) is 14.9. The highest BCUT2D eigenvalue weighted by atomic mass is 16.5. The van der Waals surface area contributed by atoms with Crippen molar-refractivity contribution in [3.05, 3.63) is 59.9 Å². The predicted octanol–water partition coefficient (Wildman–Crippen LogP) is 2.50. The molecule has 1 aliphatic heterocycles. The molecule has 0 N–H and O–H groups in total. The summed E-state index contributed by atoms with van der Waals surface area (Å²) < 4.78 is 7.01. The van der Waals surface area contributed by atoms with E-state index in [0.717, 1.165) is 37.1 Å². The normalized spacial score (nSPS) is 15.3. The number of hydrogen-bond acceptors (Lipinski definition) is 4. The summed E-state index contributed by atoms with van der Waals surface area (Å²) in [7, 11) is 0.